The molecule has 2 aromatic heterocycles. The van der Waals surface area contributed by atoms with Crippen molar-refractivity contribution in [2.75, 3.05) is 48.0 Å². The second-order valence-electron chi connectivity index (χ2n) is 8.70. The molecular formula is C25H30N8O2. The molecule has 2 amide bonds. The van der Waals surface area contributed by atoms with E-state index in [0.29, 0.717) is 43.8 Å². The van der Waals surface area contributed by atoms with Gasteiger partial charge >= 0.3 is 6.03 Å². The van der Waals surface area contributed by atoms with Gasteiger partial charge in [0.15, 0.2) is 5.82 Å². The second kappa shape index (κ2) is 10.2. The number of morpholine rings is 1. The van der Waals surface area contributed by atoms with Crippen molar-refractivity contribution in [2.24, 2.45) is 0 Å². The number of urea groups is 1. The van der Waals surface area contributed by atoms with Gasteiger partial charge in [-0.2, -0.15) is 0 Å². The largest absolute Gasteiger partial charge is 0.377 e. The zero-order chi connectivity index (χ0) is 24.2. The lowest BCUT2D eigenvalue weighted by molar-refractivity contribution is 0.0984. The summed E-state index contributed by atoms with van der Waals surface area (Å²) in [6.45, 7) is 8.21. The number of carbonyl (C=O) groups excluding carboxylic acids is 1. The van der Waals surface area contributed by atoms with Crippen molar-refractivity contribution < 1.29 is 9.53 Å². The highest BCUT2D eigenvalue weighted by molar-refractivity contribution is 5.89. The molecule has 0 radical (unpaired) electrons. The number of nitrogens with one attached hydrogen (secondary N) is 2. The van der Waals surface area contributed by atoms with Gasteiger partial charge in [0.2, 0.25) is 5.95 Å². The van der Waals surface area contributed by atoms with Gasteiger partial charge in [-0.1, -0.05) is 0 Å². The molecule has 2 aliphatic heterocycles. The molecule has 4 heterocycles. The van der Waals surface area contributed by atoms with Crippen molar-refractivity contribution in [3.8, 4) is 11.4 Å². The maximum atomic E-state index is 11.8. The van der Waals surface area contributed by atoms with Crippen LogP contribution < -0.4 is 20.4 Å². The lowest BCUT2D eigenvalue weighted by atomic mass is 10.0. The summed E-state index contributed by atoms with van der Waals surface area (Å²) in [5.41, 5.74) is 3.78. The SMILES string of the molecule is CCNC(=O)Nc1ccc(-c2nc3c(c(N4CCOCC4C)n2)CCN(c2ncccn2)C3)cc1. The lowest BCUT2D eigenvalue weighted by Crippen LogP contribution is -2.45. The van der Waals surface area contributed by atoms with Gasteiger partial charge in [-0.3, -0.25) is 0 Å². The third-order valence-corrected chi connectivity index (χ3v) is 6.26. The van der Waals surface area contributed by atoms with E-state index in [2.05, 4.69) is 37.3 Å². The van der Waals surface area contributed by atoms with E-state index in [0.717, 1.165) is 36.6 Å². The van der Waals surface area contributed by atoms with Gasteiger partial charge in [-0.25, -0.2) is 24.7 Å². The van der Waals surface area contributed by atoms with Crippen LogP contribution in [0.25, 0.3) is 11.4 Å². The number of benzene rings is 1. The standard InChI is InChI=1S/C25H30N8O2/c1-3-26-25(34)29-19-7-5-18(6-8-19)22-30-21-15-32(24-27-10-4-11-28-24)12-9-20(21)23(31-22)33-13-14-35-16-17(33)2/h4-8,10-11,17H,3,9,12-16H2,1-2H3,(H2,26,29,34). The minimum atomic E-state index is -0.225. The number of rotatable bonds is 5. The summed E-state index contributed by atoms with van der Waals surface area (Å²) in [5.74, 6) is 2.36. The van der Waals surface area contributed by atoms with Gasteiger partial charge in [-0.05, 0) is 50.6 Å². The van der Waals surface area contributed by atoms with Gasteiger partial charge in [0, 0.05) is 48.8 Å². The quantitative estimate of drug-likeness (QED) is 0.581. The first kappa shape index (κ1) is 23.0. The fourth-order valence-electron chi connectivity index (χ4n) is 4.48. The van der Waals surface area contributed by atoms with E-state index in [1.807, 2.05) is 37.3 Å². The molecular weight excluding hydrogens is 444 g/mol. The number of aromatic nitrogens is 4. The Hall–Kier alpha value is -3.79. The Morgan fingerprint density at radius 2 is 1.94 bits per heavy atom. The zero-order valence-electron chi connectivity index (χ0n) is 20.1. The van der Waals surface area contributed by atoms with Crippen LogP contribution in [0.3, 0.4) is 0 Å². The molecule has 0 spiro atoms. The molecule has 1 unspecified atom stereocenters. The van der Waals surface area contributed by atoms with E-state index in [1.165, 1.54) is 5.56 Å². The molecule has 0 saturated carbocycles. The Morgan fingerprint density at radius 1 is 1.14 bits per heavy atom. The summed E-state index contributed by atoms with van der Waals surface area (Å²) in [5, 5.41) is 5.57. The van der Waals surface area contributed by atoms with Crippen LogP contribution in [0.2, 0.25) is 0 Å². The van der Waals surface area contributed by atoms with Crippen molar-refractivity contribution in [1.82, 2.24) is 25.3 Å². The monoisotopic (exact) mass is 474 g/mol. The van der Waals surface area contributed by atoms with Crippen LogP contribution in [0.5, 0.6) is 0 Å². The van der Waals surface area contributed by atoms with E-state index >= 15 is 0 Å². The first-order valence-corrected chi connectivity index (χ1v) is 12.0. The Balaban J connectivity index is 1.49. The van der Waals surface area contributed by atoms with Gasteiger partial charge in [0.05, 0.1) is 31.5 Å². The highest BCUT2D eigenvalue weighted by Gasteiger charge is 2.29. The topological polar surface area (TPSA) is 108 Å². The minimum absolute atomic E-state index is 0.225. The zero-order valence-corrected chi connectivity index (χ0v) is 20.1. The van der Waals surface area contributed by atoms with Crippen LogP contribution in [-0.4, -0.2) is 64.9 Å². The second-order valence-corrected chi connectivity index (χ2v) is 8.70. The molecule has 10 nitrogen and oxygen atoms in total. The minimum Gasteiger partial charge on any atom is -0.377 e. The number of carbonyl (C=O) groups is 1. The molecule has 1 aromatic carbocycles. The average Bonchev–Trinajstić information content (AvgIpc) is 2.89. The summed E-state index contributed by atoms with van der Waals surface area (Å²) in [6, 6.07) is 9.45. The van der Waals surface area contributed by atoms with E-state index in [9.17, 15) is 4.79 Å². The Labute approximate surface area is 204 Å². The van der Waals surface area contributed by atoms with E-state index < -0.39 is 0 Å². The van der Waals surface area contributed by atoms with Gasteiger partial charge in [0.25, 0.3) is 0 Å². The maximum absolute atomic E-state index is 11.8. The number of hydrogen-bond donors (Lipinski definition) is 2. The van der Waals surface area contributed by atoms with Crippen LogP contribution in [0.1, 0.15) is 25.1 Å². The Kier molecular flexibility index (Phi) is 6.71. The molecule has 182 valence electrons. The summed E-state index contributed by atoms with van der Waals surface area (Å²) in [4.78, 5) is 35.3. The van der Waals surface area contributed by atoms with Crippen LogP contribution >= 0.6 is 0 Å². The van der Waals surface area contributed by atoms with Crippen molar-refractivity contribution in [3.63, 3.8) is 0 Å². The Bertz CT molecular complexity index is 1170. The smallest absolute Gasteiger partial charge is 0.319 e. The molecule has 35 heavy (non-hydrogen) atoms. The number of amides is 2. The van der Waals surface area contributed by atoms with Gasteiger partial charge in [0.1, 0.15) is 5.82 Å². The molecule has 1 atom stereocenters. The summed E-state index contributed by atoms with van der Waals surface area (Å²) in [6.07, 6.45) is 4.35. The lowest BCUT2D eigenvalue weighted by Gasteiger charge is -2.37. The fraction of sp³-hybridized carbons (Fsp3) is 0.400. The summed E-state index contributed by atoms with van der Waals surface area (Å²) < 4.78 is 5.68. The average molecular weight is 475 g/mol. The van der Waals surface area contributed by atoms with Crippen molar-refractivity contribution >= 4 is 23.5 Å². The van der Waals surface area contributed by atoms with Crippen molar-refractivity contribution in [1.29, 1.82) is 0 Å². The molecule has 0 bridgehead atoms. The third kappa shape index (κ3) is 5.02. The number of anilines is 3. The van der Waals surface area contributed by atoms with E-state index in [4.69, 9.17) is 14.7 Å². The molecule has 2 aliphatic rings. The summed E-state index contributed by atoms with van der Waals surface area (Å²) in [7, 11) is 0. The molecule has 3 aromatic rings. The van der Waals surface area contributed by atoms with Crippen LogP contribution in [0, 0.1) is 0 Å². The fourth-order valence-corrected chi connectivity index (χ4v) is 4.48. The van der Waals surface area contributed by atoms with Crippen LogP contribution in [0.15, 0.2) is 42.7 Å². The van der Waals surface area contributed by atoms with Gasteiger partial charge in [-0.15, -0.1) is 0 Å². The van der Waals surface area contributed by atoms with E-state index in [1.54, 1.807) is 12.4 Å². The maximum Gasteiger partial charge on any atom is 0.319 e. The van der Waals surface area contributed by atoms with E-state index in [-0.39, 0.29) is 12.1 Å². The predicted molar refractivity (Wildman–Crippen MR) is 135 cm³/mol. The molecule has 2 N–H and O–H groups in total. The van der Waals surface area contributed by atoms with Crippen LogP contribution in [-0.2, 0) is 17.7 Å². The van der Waals surface area contributed by atoms with Crippen LogP contribution in [0.4, 0.5) is 22.2 Å². The first-order chi connectivity index (χ1) is 17.1. The first-order valence-electron chi connectivity index (χ1n) is 12.0. The predicted octanol–water partition coefficient (Wildman–Crippen LogP) is 2.86. The molecule has 10 heteroatoms. The number of hydrogen-bond acceptors (Lipinski definition) is 8. The normalized spacial score (nSPS) is 17.6. The highest BCUT2D eigenvalue weighted by atomic mass is 16.5. The highest BCUT2D eigenvalue weighted by Crippen LogP contribution is 2.32. The van der Waals surface area contributed by atoms with Crippen molar-refractivity contribution in [2.45, 2.75) is 32.9 Å². The molecule has 1 fully saturated rings. The molecule has 1 saturated heterocycles. The Morgan fingerprint density at radius 3 is 2.69 bits per heavy atom. The number of ether oxygens (including phenoxy) is 1. The van der Waals surface area contributed by atoms with Crippen molar-refractivity contribution in [3.05, 3.63) is 54.0 Å². The molecule has 0 aliphatic carbocycles. The molecule has 5 rings (SSSR count). The number of fused-ring (bicyclic) bond motifs is 1. The third-order valence-electron chi connectivity index (χ3n) is 6.26. The van der Waals surface area contributed by atoms with Gasteiger partial charge < -0.3 is 25.2 Å². The summed E-state index contributed by atoms with van der Waals surface area (Å²) >= 11 is 0. The number of nitrogens with zero attached hydrogens (tertiary/aromatic N) is 6.